The Morgan fingerprint density at radius 1 is 1.05 bits per heavy atom. The lowest BCUT2D eigenvalue weighted by atomic mass is 9.90. The van der Waals surface area contributed by atoms with E-state index in [1.165, 1.54) is 0 Å². The van der Waals surface area contributed by atoms with Crippen molar-refractivity contribution in [2.75, 3.05) is 4.90 Å². The van der Waals surface area contributed by atoms with Crippen LogP contribution in [0, 0.1) is 17.2 Å². The number of carbonyl (C=O) groups is 1. The molecule has 1 fully saturated rings. The first kappa shape index (κ1) is 14.2. The van der Waals surface area contributed by atoms with Gasteiger partial charge in [-0.3, -0.25) is 4.79 Å². The van der Waals surface area contributed by atoms with Gasteiger partial charge in [-0.15, -0.1) is 0 Å². The lowest BCUT2D eigenvalue weighted by Crippen LogP contribution is -2.55. The van der Waals surface area contributed by atoms with Crippen LogP contribution in [0.3, 0.4) is 0 Å². The predicted molar refractivity (Wildman–Crippen MR) is 87.9 cm³/mol. The quantitative estimate of drug-likeness (QED) is 0.867. The fourth-order valence-electron chi connectivity index (χ4n) is 2.65. The molecule has 1 aliphatic rings. The van der Waals surface area contributed by atoms with Gasteiger partial charge in [0.15, 0.2) is 11.0 Å². The Morgan fingerprint density at radius 2 is 1.64 bits per heavy atom. The van der Waals surface area contributed by atoms with Gasteiger partial charge in [-0.25, -0.2) is 0 Å². The lowest BCUT2D eigenvalue weighted by molar-refractivity contribution is -0.123. The van der Waals surface area contributed by atoms with Gasteiger partial charge in [0, 0.05) is 5.69 Å². The third kappa shape index (κ3) is 2.45. The molecule has 0 aromatic heterocycles. The van der Waals surface area contributed by atoms with Crippen molar-refractivity contribution in [1.82, 2.24) is 5.32 Å². The smallest absolute Gasteiger partial charge is 0.245 e. The molecule has 1 N–H and O–H groups in total. The highest BCUT2D eigenvalue weighted by Gasteiger charge is 2.41. The number of hydrogen-bond acceptors (Lipinski definition) is 3. The highest BCUT2D eigenvalue weighted by Crippen LogP contribution is 2.35. The van der Waals surface area contributed by atoms with Gasteiger partial charge in [-0.2, -0.15) is 5.26 Å². The number of nitriles is 1. The average molecular weight is 307 g/mol. The Labute approximate surface area is 134 Å². The second-order valence-electron chi connectivity index (χ2n) is 4.96. The minimum absolute atomic E-state index is 0.316. The van der Waals surface area contributed by atoms with Crippen molar-refractivity contribution < 1.29 is 4.79 Å². The summed E-state index contributed by atoms with van der Waals surface area (Å²) in [4.78, 5) is 14.0. The number of carbonyl (C=O) groups excluding carboxylic acids is 1. The minimum Gasteiger partial charge on any atom is -0.309 e. The van der Waals surface area contributed by atoms with E-state index in [4.69, 9.17) is 12.2 Å². The zero-order valence-corrected chi connectivity index (χ0v) is 12.5. The van der Waals surface area contributed by atoms with Gasteiger partial charge < -0.3 is 10.2 Å². The van der Waals surface area contributed by atoms with E-state index in [1.807, 2.05) is 65.6 Å². The Morgan fingerprint density at radius 3 is 2.23 bits per heavy atom. The van der Waals surface area contributed by atoms with E-state index in [2.05, 4.69) is 11.4 Å². The number of amides is 1. The van der Waals surface area contributed by atoms with Gasteiger partial charge in [0.05, 0.1) is 12.1 Å². The van der Waals surface area contributed by atoms with Crippen LogP contribution in [-0.2, 0) is 4.79 Å². The molecule has 0 aliphatic carbocycles. The molecule has 2 aromatic rings. The number of thiocarbonyl (C=S) groups is 1. The Bertz CT molecular complexity index is 740. The molecule has 2 unspecified atom stereocenters. The zero-order valence-electron chi connectivity index (χ0n) is 11.6. The topological polar surface area (TPSA) is 56.1 Å². The number of nitrogens with zero attached hydrogens (tertiary/aromatic N) is 2. The number of para-hydroxylation sites is 1. The maximum Gasteiger partial charge on any atom is 0.245 e. The summed E-state index contributed by atoms with van der Waals surface area (Å²) in [6, 6.07) is 20.7. The van der Waals surface area contributed by atoms with Crippen molar-refractivity contribution in [1.29, 1.82) is 5.26 Å². The molecule has 1 heterocycles. The van der Waals surface area contributed by atoms with Gasteiger partial charge >= 0.3 is 0 Å². The molecule has 22 heavy (non-hydrogen) atoms. The molecule has 1 saturated heterocycles. The summed E-state index contributed by atoms with van der Waals surface area (Å²) >= 11 is 5.35. The zero-order chi connectivity index (χ0) is 15.5. The molecular weight excluding hydrogens is 294 g/mol. The normalized spacial score (nSPS) is 21.1. The highest BCUT2D eigenvalue weighted by atomic mass is 32.1. The fraction of sp³-hybridized carbons (Fsp3) is 0.118. The van der Waals surface area contributed by atoms with E-state index in [0.29, 0.717) is 5.11 Å². The largest absolute Gasteiger partial charge is 0.309 e. The maximum absolute atomic E-state index is 12.1. The second-order valence-corrected chi connectivity index (χ2v) is 5.35. The predicted octanol–water partition coefficient (Wildman–Crippen LogP) is 2.79. The molecule has 4 nitrogen and oxygen atoms in total. The number of hydrogen-bond donors (Lipinski definition) is 1. The molecule has 0 bridgehead atoms. The van der Waals surface area contributed by atoms with Crippen molar-refractivity contribution in [2.24, 2.45) is 5.92 Å². The highest BCUT2D eigenvalue weighted by molar-refractivity contribution is 7.80. The van der Waals surface area contributed by atoms with E-state index in [9.17, 15) is 10.1 Å². The minimum atomic E-state index is -0.825. The molecule has 2 atom stereocenters. The van der Waals surface area contributed by atoms with E-state index in [-0.39, 0.29) is 5.91 Å². The maximum atomic E-state index is 12.1. The number of anilines is 1. The molecule has 0 radical (unpaired) electrons. The van der Waals surface area contributed by atoms with Crippen molar-refractivity contribution in [3.63, 3.8) is 0 Å². The van der Waals surface area contributed by atoms with Crippen LogP contribution < -0.4 is 10.2 Å². The van der Waals surface area contributed by atoms with Crippen LogP contribution in [0.15, 0.2) is 60.7 Å². The summed E-state index contributed by atoms with van der Waals surface area (Å²) in [6.45, 7) is 0. The summed E-state index contributed by atoms with van der Waals surface area (Å²) in [5.41, 5.74) is 1.73. The standard InChI is InChI=1S/C17H13N3OS/c18-11-14-15(12-7-3-1-4-8-12)20(17(22)19-16(14)21)13-9-5-2-6-10-13/h1-10,14-15H,(H,19,21,22). The van der Waals surface area contributed by atoms with Crippen molar-refractivity contribution in [3.05, 3.63) is 66.2 Å². The first-order valence-electron chi connectivity index (χ1n) is 6.86. The van der Waals surface area contributed by atoms with Gasteiger partial charge in [-0.1, -0.05) is 48.5 Å². The average Bonchev–Trinajstić information content (AvgIpc) is 2.56. The Balaban J connectivity index is 2.14. The number of rotatable bonds is 2. The number of nitrogens with one attached hydrogen (secondary N) is 1. The molecular formula is C17H13N3OS. The third-order valence-electron chi connectivity index (χ3n) is 3.64. The lowest BCUT2D eigenvalue weighted by Gasteiger charge is -2.40. The van der Waals surface area contributed by atoms with Crippen molar-refractivity contribution >= 4 is 28.9 Å². The van der Waals surface area contributed by atoms with Crippen LogP contribution in [-0.4, -0.2) is 11.0 Å². The first-order chi connectivity index (χ1) is 10.7. The van der Waals surface area contributed by atoms with Crippen LogP contribution in [0.4, 0.5) is 5.69 Å². The third-order valence-corrected chi connectivity index (χ3v) is 3.94. The van der Waals surface area contributed by atoms with Gasteiger partial charge in [0.2, 0.25) is 5.91 Å². The van der Waals surface area contributed by atoms with Crippen LogP contribution in [0.25, 0.3) is 0 Å². The van der Waals surface area contributed by atoms with Gasteiger partial charge in [0.1, 0.15) is 0 Å². The second kappa shape index (κ2) is 5.96. The SMILES string of the molecule is N#CC1C(=O)NC(=S)N(c2ccccc2)C1c1ccccc1. The molecule has 3 rings (SSSR count). The van der Waals surface area contributed by atoms with E-state index < -0.39 is 12.0 Å². The van der Waals surface area contributed by atoms with Crippen molar-refractivity contribution in [2.45, 2.75) is 6.04 Å². The summed E-state index contributed by atoms with van der Waals surface area (Å²) < 4.78 is 0. The van der Waals surface area contributed by atoms with E-state index in [0.717, 1.165) is 11.3 Å². The fourth-order valence-corrected chi connectivity index (χ4v) is 2.97. The van der Waals surface area contributed by atoms with Crippen LogP contribution in [0.1, 0.15) is 11.6 Å². The van der Waals surface area contributed by atoms with Crippen LogP contribution >= 0.6 is 12.2 Å². The monoisotopic (exact) mass is 307 g/mol. The van der Waals surface area contributed by atoms with Crippen LogP contribution in [0.2, 0.25) is 0 Å². The summed E-state index contributed by atoms with van der Waals surface area (Å²) in [5.74, 6) is -1.18. The number of benzene rings is 2. The first-order valence-corrected chi connectivity index (χ1v) is 7.27. The van der Waals surface area contributed by atoms with Gasteiger partial charge in [-0.05, 0) is 29.9 Å². The summed E-state index contributed by atoms with van der Waals surface area (Å²) in [7, 11) is 0. The van der Waals surface area contributed by atoms with E-state index in [1.54, 1.807) is 0 Å². The molecule has 2 aromatic carbocycles. The molecule has 108 valence electrons. The summed E-state index contributed by atoms with van der Waals surface area (Å²) in [5, 5.41) is 12.4. The molecule has 5 heteroatoms. The Hall–Kier alpha value is -2.71. The van der Waals surface area contributed by atoms with E-state index >= 15 is 0 Å². The van der Waals surface area contributed by atoms with Crippen LogP contribution in [0.5, 0.6) is 0 Å². The van der Waals surface area contributed by atoms with Gasteiger partial charge in [0.25, 0.3) is 0 Å². The summed E-state index contributed by atoms with van der Waals surface area (Å²) in [6.07, 6.45) is 0. The molecule has 1 amide bonds. The Kier molecular flexibility index (Phi) is 3.86. The molecule has 0 spiro atoms. The molecule has 1 aliphatic heterocycles. The molecule has 0 saturated carbocycles. The van der Waals surface area contributed by atoms with Crippen molar-refractivity contribution in [3.8, 4) is 6.07 Å².